The number of hydrogen-bond acceptors (Lipinski definition) is 2. The molecule has 3 aromatic rings. The number of benzene rings is 1. The average molecular weight is 233 g/mol. The molecule has 0 saturated heterocycles. The minimum Gasteiger partial charge on any atom is -0.298 e. The highest BCUT2D eigenvalue weighted by Gasteiger charge is 2.11. The molecule has 0 aliphatic rings. The lowest BCUT2D eigenvalue weighted by Gasteiger charge is -2.01. The summed E-state index contributed by atoms with van der Waals surface area (Å²) in [6.07, 6.45) is 1.93. The first-order valence-electron chi connectivity index (χ1n) is 5.74. The summed E-state index contributed by atoms with van der Waals surface area (Å²) in [5.74, 6) is 0.811. The maximum Gasteiger partial charge on any atom is 0.166 e. The molecule has 3 heteroatoms. The third-order valence-corrected chi connectivity index (χ3v) is 2.93. The number of nitrogens with zero attached hydrogens (tertiary/aromatic N) is 3. The van der Waals surface area contributed by atoms with E-state index in [2.05, 4.69) is 17.1 Å². The topological polar surface area (TPSA) is 41.1 Å². The van der Waals surface area contributed by atoms with Crippen LogP contribution >= 0.6 is 0 Å². The van der Waals surface area contributed by atoms with Crippen molar-refractivity contribution in [3.8, 4) is 17.5 Å². The van der Waals surface area contributed by atoms with E-state index in [9.17, 15) is 0 Å². The van der Waals surface area contributed by atoms with E-state index in [0.29, 0.717) is 5.69 Å². The van der Waals surface area contributed by atoms with Crippen molar-refractivity contribution in [2.75, 3.05) is 0 Å². The van der Waals surface area contributed by atoms with Crippen molar-refractivity contribution in [2.24, 2.45) is 0 Å². The van der Waals surface area contributed by atoms with Crippen molar-refractivity contribution >= 4 is 5.52 Å². The minimum atomic E-state index is 0.465. The van der Waals surface area contributed by atoms with E-state index >= 15 is 0 Å². The fourth-order valence-electron chi connectivity index (χ4n) is 2.11. The zero-order valence-corrected chi connectivity index (χ0v) is 9.96. The van der Waals surface area contributed by atoms with Gasteiger partial charge in [0.2, 0.25) is 0 Å². The van der Waals surface area contributed by atoms with E-state index in [4.69, 9.17) is 5.26 Å². The highest BCUT2D eigenvalue weighted by molar-refractivity contribution is 5.68. The Morgan fingerprint density at radius 3 is 2.83 bits per heavy atom. The van der Waals surface area contributed by atoms with Crippen LogP contribution in [0.15, 0.2) is 48.7 Å². The predicted octanol–water partition coefficient (Wildman–Crippen LogP) is 3.18. The number of aryl methyl sites for hydroxylation is 1. The van der Waals surface area contributed by atoms with Crippen molar-refractivity contribution in [3.63, 3.8) is 0 Å². The zero-order valence-electron chi connectivity index (χ0n) is 9.96. The van der Waals surface area contributed by atoms with Gasteiger partial charge in [0.05, 0.1) is 5.52 Å². The van der Waals surface area contributed by atoms with E-state index < -0.39 is 0 Å². The molecule has 3 rings (SSSR count). The van der Waals surface area contributed by atoms with Crippen molar-refractivity contribution in [1.82, 2.24) is 9.38 Å². The van der Waals surface area contributed by atoms with Gasteiger partial charge in [0.1, 0.15) is 11.9 Å². The van der Waals surface area contributed by atoms with Gasteiger partial charge >= 0.3 is 0 Å². The third kappa shape index (κ3) is 1.56. The fourth-order valence-corrected chi connectivity index (χ4v) is 2.11. The molecule has 0 aliphatic heterocycles. The van der Waals surface area contributed by atoms with Crippen LogP contribution < -0.4 is 0 Å². The Bertz CT molecular complexity index is 763. The van der Waals surface area contributed by atoms with E-state index in [1.165, 1.54) is 5.56 Å². The van der Waals surface area contributed by atoms with Crippen molar-refractivity contribution in [3.05, 3.63) is 59.9 Å². The van der Waals surface area contributed by atoms with Crippen LogP contribution in [0.1, 0.15) is 11.3 Å². The predicted molar refractivity (Wildman–Crippen MR) is 70.1 cm³/mol. The first kappa shape index (κ1) is 10.5. The summed E-state index contributed by atoms with van der Waals surface area (Å²) in [6.45, 7) is 2.05. The standard InChI is InChI=1S/C15H11N3/c1-11-5-4-6-12(9-11)15-17-13(10-16)14-7-2-3-8-18(14)15/h2-9H,1H3. The van der Waals surface area contributed by atoms with Crippen LogP contribution in [-0.4, -0.2) is 9.38 Å². The summed E-state index contributed by atoms with van der Waals surface area (Å²) in [5.41, 5.74) is 3.51. The van der Waals surface area contributed by atoms with Gasteiger partial charge in [0, 0.05) is 11.8 Å². The lowest BCUT2D eigenvalue weighted by Crippen LogP contribution is -1.88. The first-order valence-corrected chi connectivity index (χ1v) is 5.74. The summed E-state index contributed by atoms with van der Waals surface area (Å²) in [5, 5.41) is 9.12. The molecule has 86 valence electrons. The molecule has 18 heavy (non-hydrogen) atoms. The smallest absolute Gasteiger partial charge is 0.166 e. The van der Waals surface area contributed by atoms with Gasteiger partial charge in [-0.3, -0.25) is 4.40 Å². The molecule has 0 spiro atoms. The zero-order chi connectivity index (χ0) is 12.5. The van der Waals surface area contributed by atoms with Crippen LogP contribution in [0.25, 0.3) is 16.9 Å². The van der Waals surface area contributed by atoms with E-state index in [1.54, 1.807) is 0 Å². The van der Waals surface area contributed by atoms with E-state index in [1.807, 2.05) is 53.9 Å². The Labute approximate surface area is 105 Å². The molecule has 0 bridgehead atoms. The van der Waals surface area contributed by atoms with Crippen LogP contribution in [0.2, 0.25) is 0 Å². The Morgan fingerprint density at radius 1 is 1.17 bits per heavy atom. The largest absolute Gasteiger partial charge is 0.298 e. The molecule has 0 amide bonds. The number of fused-ring (bicyclic) bond motifs is 1. The molecule has 0 saturated carbocycles. The molecule has 0 radical (unpaired) electrons. The van der Waals surface area contributed by atoms with Gasteiger partial charge in [0.25, 0.3) is 0 Å². The monoisotopic (exact) mass is 233 g/mol. The van der Waals surface area contributed by atoms with Gasteiger partial charge in [-0.05, 0) is 25.1 Å². The van der Waals surface area contributed by atoms with Crippen LogP contribution in [0.4, 0.5) is 0 Å². The lowest BCUT2D eigenvalue weighted by molar-refractivity contribution is 1.16. The fraction of sp³-hybridized carbons (Fsp3) is 0.0667. The van der Waals surface area contributed by atoms with Crippen LogP contribution in [0, 0.1) is 18.3 Å². The van der Waals surface area contributed by atoms with Gasteiger partial charge in [-0.25, -0.2) is 4.98 Å². The summed E-state index contributed by atoms with van der Waals surface area (Å²) >= 11 is 0. The summed E-state index contributed by atoms with van der Waals surface area (Å²) < 4.78 is 1.95. The molecule has 0 unspecified atom stereocenters. The van der Waals surface area contributed by atoms with Gasteiger partial charge in [-0.2, -0.15) is 5.26 Å². The molecule has 1 aromatic carbocycles. The van der Waals surface area contributed by atoms with Gasteiger partial charge in [0.15, 0.2) is 5.69 Å². The minimum absolute atomic E-state index is 0.465. The molecule has 3 nitrogen and oxygen atoms in total. The lowest BCUT2D eigenvalue weighted by atomic mass is 10.1. The third-order valence-electron chi connectivity index (χ3n) is 2.93. The second-order valence-corrected chi connectivity index (χ2v) is 4.22. The van der Waals surface area contributed by atoms with Crippen molar-refractivity contribution < 1.29 is 0 Å². The maximum atomic E-state index is 9.12. The molecule has 0 atom stereocenters. The molecule has 0 aliphatic carbocycles. The summed E-state index contributed by atoms with van der Waals surface area (Å²) in [4.78, 5) is 4.42. The Kier molecular flexibility index (Phi) is 2.35. The van der Waals surface area contributed by atoms with E-state index in [0.717, 1.165) is 16.9 Å². The maximum absolute atomic E-state index is 9.12. The second kappa shape index (κ2) is 4.01. The number of nitriles is 1. The Hall–Kier alpha value is -2.60. The highest BCUT2D eigenvalue weighted by Crippen LogP contribution is 2.22. The second-order valence-electron chi connectivity index (χ2n) is 4.22. The molecular weight excluding hydrogens is 222 g/mol. The van der Waals surface area contributed by atoms with Gasteiger partial charge in [-0.15, -0.1) is 0 Å². The Balaban J connectivity index is 2.34. The molecular formula is C15H11N3. The number of imidazole rings is 1. The molecule has 0 fully saturated rings. The SMILES string of the molecule is Cc1cccc(-c2nc(C#N)c3ccccn23)c1. The summed E-state index contributed by atoms with van der Waals surface area (Å²) in [7, 11) is 0. The number of pyridine rings is 1. The summed E-state index contributed by atoms with van der Waals surface area (Å²) in [6, 6.07) is 16.0. The number of hydrogen-bond donors (Lipinski definition) is 0. The molecule has 0 N–H and O–H groups in total. The van der Waals surface area contributed by atoms with Crippen molar-refractivity contribution in [2.45, 2.75) is 6.92 Å². The first-order chi connectivity index (χ1) is 8.79. The van der Waals surface area contributed by atoms with Gasteiger partial charge < -0.3 is 0 Å². The molecule has 2 aromatic heterocycles. The van der Waals surface area contributed by atoms with Crippen LogP contribution in [0.5, 0.6) is 0 Å². The Morgan fingerprint density at radius 2 is 2.06 bits per heavy atom. The van der Waals surface area contributed by atoms with Crippen LogP contribution in [0.3, 0.4) is 0 Å². The van der Waals surface area contributed by atoms with Gasteiger partial charge in [-0.1, -0.05) is 29.8 Å². The number of rotatable bonds is 1. The molecule has 2 heterocycles. The van der Waals surface area contributed by atoms with E-state index in [-0.39, 0.29) is 0 Å². The van der Waals surface area contributed by atoms with Crippen LogP contribution in [-0.2, 0) is 0 Å². The highest BCUT2D eigenvalue weighted by atomic mass is 15.0. The average Bonchev–Trinajstić information content (AvgIpc) is 2.77. The number of aromatic nitrogens is 2. The van der Waals surface area contributed by atoms with Crippen molar-refractivity contribution in [1.29, 1.82) is 5.26 Å². The quantitative estimate of drug-likeness (QED) is 0.647. The normalized spacial score (nSPS) is 10.4.